The molecule has 0 atom stereocenters. The fourth-order valence-corrected chi connectivity index (χ4v) is 2.16. The largest absolute Gasteiger partial charge is 0.313 e. The van der Waals surface area contributed by atoms with E-state index in [1.165, 1.54) is 17.3 Å². The number of unbranched alkanes of at least 4 members (excludes halogenated alkanes) is 1. The molecule has 0 heterocycles. The number of benzene rings is 1. The van der Waals surface area contributed by atoms with Gasteiger partial charge in [0.2, 0.25) is 0 Å². The van der Waals surface area contributed by atoms with Crippen LogP contribution in [0.2, 0.25) is 10.0 Å². The van der Waals surface area contributed by atoms with Gasteiger partial charge in [-0.3, -0.25) is 0 Å². The first kappa shape index (κ1) is 13.6. The summed E-state index contributed by atoms with van der Waals surface area (Å²) in [6.07, 6.45) is 2.47. The van der Waals surface area contributed by atoms with Gasteiger partial charge in [0.1, 0.15) is 0 Å². The molecule has 1 nitrogen and oxygen atoms in total. The third-order valence-electron chi connectivity index (χ3n) is 2.06. The fraction of sp³-hybridized carbons (Fsp3) is 0.455. The Hall–Kier alpha value is 0.490. The van der Waals surface area contributed by atoms with Gasteiger partial charge in [-0.2, -0.15) is 0 Å². The molecule has 0 spiro atoms. The first-order valence-electron chi connectivity index (χ1n) is 4.94. The molecule has 0 aliphatic carbocycles. The van der Waals surface area contributed by atoms with Crippen molar-refractivity contribution in [3.8, 4) is 0 Å². The summed E-state index contributed by atoms with van der Waals surface area (Å²) in [7, 11) is 0. The zero-order valence-corrected chi connectivity index (χ0v) is 12.1. The molecule has 1 rings (SSSR count). The normalized spacial score (nSPS) is 10.6. The Labute approximate surface area is 115 Å². The predicted octanol–water partition coefficient (Wildman–Crippen LogP) is 4.30. The molecule has 0 bridgehead atoms. The van der Waals surface area contributed by atoms with E-state index in [4.69, 9.17) is 23.2 Å². The lowest BCUT2D eigenvalue weighted by molar-refractivity contribution is 0.646. The van der Waals surface area contributed by atoms with Crippen LogP contribution in [0.1, 0.15) is 18.4 Å². The molecule has 0 radical (unpaired) electrons. The van der Waals surface area contributed by atoms with E-state index in [-0.39, 0.29) is 0 Å². The van der Waals surface area contributed by atoms with Gasteiger partial charge in [-0.1, -0.05) is 45.8 Å². The van der Waals surface area contributed by atoms with E-state index in [9.17, 15) is 0 Å². The number of nitrogens with one attached hydrogen (secondary N) is 1. The Morgan fingerprint density at radius 1 is 1.20 bits per heavy atom. The second-order valence-corrected chi connectivity index (χ2v) is 5.23. The van der Waals surface area contributed by atoms with Crippen LogP contribution < -0.4 is 5.32 Å². The number of hydrogen-bond acceptors (Lipinski definition) is 1. The highest BCUT2D eigenvalue weighted by Crippen LogP contribution is 2.20. The van der Waals surface area contributed by atoms with Crippen molar-refractivity contribution in [2.45, 2.75) is 19.4 Å². The summed E-state index contributed by atoms with van der Waals surface area (Å²) in [6, 6.07) is 5.56. The zero-order valence-electron chi connectivity index (χ0n) is 8.40. The predicted molar refractivity (Wildman–Crippen MR) is 76.3 cm³/mol. The Morgan fingerprint density at radius 2 is 2.00 bits per heavy atom. The minimum atomic E-state index is 0.739. The molecule has 0 aliphatic heterocycles. The highest BCUT2D eigenvalue weighted by atomic mass is 127. The summed E-state index contributed by atoms with van der Waals surface area (Å²) >= 11 is 14.3. The monoisotopic (exact) mass is 357 g/mol. The summed E-state index contributed by atoms with van der Waals surface area (Å²) in [6.45, 7) is 1.83. The zero-order chi connectivity index (χ0) is 11.1. The number of alkyl halides is 1. The molecule has 0 aromatic heterocycles. The molecule has 4 heteroatoms. The van der Waals surface area contributed by atoms with Crippen molar-refractivity contribution < 1.29 is 0 Å². The van der Waals surface area contributed by atoms with Crippen molar-refractivity contribution in [3.63, 3.8) is 0 Å². The minimum absolute atomic E-state index is 0.739. The molecule has 1 N–H and O–H groups in total. The van der Waals surface area contributed by atoms with Gasteiger partial charge >= 0.3 is 0 Å². The topological polar surface area (TPSA) is 12.0 Å². The van der Waals surface area contributed by atoms with Crippen LogP contribution in [0.5, 0.6) is 0 Å². The van der Waals surface area contributed by atoms with E-state index in [0.29, 0.717) is 0 Å². The first-order chi connectivity index (χ1) is 7.24. The molecule has 0 amide bonds. The molecule has 1 aromatic carbocycles. The van der Waals surface area contributed by atoms with Gasteiger partial charge in [0.05, 0.1) is 0 Å². The molecule has 1 aromatic rings. The van der Waals surface area contributed by atoms with Gasteiger partial charge in [-0.25, -0.2) is 0 Å². The fourth-order valence-electron chi connectivity index (χ4n) is 1.25. The SMILES string of the molecule is Clc1ccc(Cl)c(CNCCCCI)c1. The van der Waals surface area contributed by atoms with Gasteiger partial charge in [-0.15, -0.1) is 0 Å². The smallest absolute Gasteiger partial charge is 0.0451 e. The van der Waals surface area contributed by atoms with E-state index in [1.54, 1.807) is 0 Å². The molecule has 0 fully saturated rings. The lowest BCUT2D eigenvalue weighted by atomic mass is 10.2. The number of rotatable bonds is 6. The molecule has 0 unspecified atom stereocenters. The van der Waals surface area contributed by atoms with Gasteiger partial charge in [-0.05, 0) is 47.6 Å². The molecule has 0 aliphatic rings. The number of hydrogen-bond donors (Lipinski definition) is 1. The van der Waals surface area contributed by atoms with E-state index in [0.717, 1.165) is 28.7 Å². The minimum Gasteiger partial charge on any atom is -0.313 e. The van der Waals surface area contributed by atoms with Crippen molar-refractivity contribution in [1.82, 2.24) is 5.32 Å². The quantitative estimate of drug-likeness (QED) is 0.454. The highest BCUT2D eigenvalue weighted by Gasteiger charge is 2.00. The van der Waals surface area contributed by atoms with Gasteiger partial charge in [0, 0.05) is 16.6 Å². The Balaban J connectivity index is 2.33. The van der Waals surface area contributed by atoms with Gasteiger partial charge < -0.3 is 5.32 Å². The van der Waals surface area contributed by atoms with Crippen LogP contribution in [0, 0.1) is 0 Å². The average molecular weight is 358 g/mol. The van der Waals surface area contributed by atoms with Crippen LogP contribution in [0.15, 0.2) is 18.2 Å². The van der Waals surface area contributed by atoms with Crippen LogP contribution >= 0.6 is 45.8 Å². The van der Waals surface area contributed by atoms with Crippen LogP contribution in [0.25, 0.3) is 0 Å². The summed E-state index contributed by atoms with van der Waals surface area (Å²) in [5.74, 6) is 0. The Bertz CT molecular complexity index is 305. The third kappa shape index (κ3) is 5.38. The molecular weight excluding hydrogens is 344 g/mol. The van der Waals surface area contributed by atoms with Crippen molar-refractivity contribution in [2.75, 3.05) is 11.0 Å². The summed E-state index contributed by atoms with van der Waals surface area (Å²) in [5.41, 5.74) is 1.07. The standard InChI is InChI=1S/C11H14Cl2IN/c12-10-3-4-11(13)9(7-10)8-15-6-2-1-5-14/h3-4,7,15H,1-2,5-6,8H2. The maximum absolute atomic E-state index is 6.04. The van der Waals surface area contributed by atoms with Crippen LogP contribution in [-0.2, 0) is 6.54 Å². The maximum Gasteiger partial charge on any atom is 0.0451 e. The second kappa shape index (κ2) is 7.71. The van der Waals surface area contributed by atoms with Gasteiger partial charge in [0.25, 0.3) is 0 Å². The van der Waals surface area contributed by atoms with E-state index >= 15 is 0 Å². The van der Waals surface area contributed by atoms with E-state index in [1.807, 2.05) is 18.2 Å². The Kier molecular flexibility index (Phi) is 6.97. The number of halogens is 3. The molecule has 15 heavy (non-hydrogen) atoms. The third-order valence-corrected chi connectivity index (χ3v) is 3.43. The van der Waals surface area contributed by atoms with E-state index < -0.39 is 0 Å². The van der Waals surface area contributed by atoms with Crippen molar-refractivity contribution in [2.24, 2.45) is 0 Å². The molecule has 84 valence electrons. The lowest BCUT2D eigenvalue weighted by Crippen LogP contribution is -2.15. The molecule has 0 saturated carbocycles. The van der Waals surface area contributed by atoms with Crippen LogP contribution in [0.4, 0.5) is 0 Å². The van der Waals surface area contributed by atoms with Crippen molar-refractivity contribution in [1.29, 1.82) is 0 Å². The summed E-state index contributed by atoms with van der Waals surface area (Å²) in [4.78, 5) is 0. The summed E-state index contributed by atoms with van der Waals surface area (Å²) in [5, 5.41) is 4.88. The lowest BCUT2D eigenvalue weighted by Gasteiger charge is -2.06. The molecular formula is C11H14Cl2IN. The summed E-state index contributed by atoms with van der Waals surface area (Å²) < 4.78 is 1.22. The second-order valence-electron chi connectivity index (χ2n) is 3.31. The molecule has 0 saturated heterocycles. The van der Waals surface area contributed by atoms with E-state index in [2.05, 4.69) is 27.9 Å². The van der Waals surface area contributed by atoms with Gasteiger partial charge in [0.15, 0.2) is 0 Å². The Morgan fingerprint density at radius 3 is 2.73 bits per heavy atom. The van der Waals surface area contributed by atoms with Crippen molar-refractivity contribution >= 4 is 45.8 Å². The maximum atomic E-state index is 6.04. The van der Waals surface area contributed by atoms with Crippen LogP contribution in [-0.4, -0.2) is 11.0 Å². The average Bonchev–Trinajstić information content (AvgIpc) is 2.23. The van der Waals surface area contributed by atoms with Crippen LogP contribution in [0.3, 0.4) is 0 Å². The van der Waals surface area contributed by atoms with Crippen molar-refractivity contribution in [3.05, 3.63) is 33.8 Å². The highest BCUT2D eigenvalue weighted by molar-refractivity contribution is 14.1. The first-order valence-corrected chi connectivity index (χ1v) is 7.23.